The van der Waals surface area contributed by atoms with Gasteiger partial charge in [0.25, 0.3) is 0 Å². The monoisotopic (exact) mass is 167 g/mol. The molecule has 0 spiro atoms. The van der Waals surface area contributed by atoms with E-state index in [1.54, 1.807) is 0 Å². The van der Waals surface area contributed by atoms with Crippen LogP contribution in [0.15, 0.2) is 0 Å². The fourth-order valence-electron chi connectivity index (χ4n) is 1.32. The van der Waals surface area contributed by atoms with Gasteiger partial charge in [-0.2, -0.15) is 0 Å². The average Bonchev–Trinajstić information content (AvgIpc) is 2.10. The third-order valence-electron chi connectivity index (χ3n) is 2.12. The maximum atomic E-state index is 6.60. The first kappa shape index (κ1) is 11.5. The van der Waals surface area contributed by atoms with Gasteiger partial charge in [-0.3, -0.25) is 0 Å². The normalized spacial score (nSPS) is 9.67. The van der Waals surface area contributed by atoms with Gasteiger partial charge in [0.15, 0.2) is 0 Å². The summed E-state index contributed by atoms with van der Waals surface area (Å²) in [5, 5.41) is 0. The summed E-state index contributed by atoms with van der Waals surface area (Å²) in [7, 11) is 0. The Labute approximate surface area is 77.0 Å². The van der Waals surface area contributed by atoms with E-state index in [1.807, 2.05) is 0 Å². The molecular formula is C11H21N. The van der Waals surface area contributed by atoms with Gasteiger partial charge >= 0.3 is 0 Å². The van der Waals surface area contributed by atoms with E-state index in [9.17, 15) is 0 Å². The first-order valence-corrected chi connectivity index (χ1v) is 5.25. The van der Waals surface area contributed by atoms with Crippen LogP contribution >= 0.6 is 0 Å². The molecule has 0 amide bonds. The molecule has 0 radical (unpaired) electrons. The topological polar surface area (TPSA) is 4.36 Å². The van der Waals surface area contributed by atoms with Crippen LogP contribution in [0.25, 0.3) is 4.85 Å². The first-order chi connectivity index (χ1) is 5.91. The van der Waals surface area contributed by atoms with Crippen molar-refractivity contribution in [2.45, 2.75) is 58.3 Å². The van der Waals surface area contributed by atoms with Gasteiger partial charge < -0.3 is 4.85 Å². The highest BCUT2D eigenvalue weighted by Crippen LogP contribution is 2.07. The fraction of sp³-hybridized carbons (Fsp3) is 0.909. The van der Waals surface area contributed by atoms with E-state index in [2.05, 4.69) is 11.8 Å². The Morgan fingerprint density at radius 2 is 1.33 bits per heavy atom. The Kier molecular flexibility index (Phi) is 10.0. The number of hydrogen-bond donors (Lipinski definition) is 0. The van der Waals surface area contributed by atoms with Crippen molar-refractivity contribution in [3.8, 4) is 0 Å². The largest absolute Gasteiger partial charge is 0.317 e. The molecule has 0 atom stereocenters. The summed E-state index contributed by atoms with van der Waals surface area (Å²) in [6, 6.07) is 0. The number of hydrogen-bond acceptors (Lipinski definition) is 0. The Morgan fingerprint density at radius 3 is 1.83 bits per heavy atom. The smallest absolute Gasteiger partial charge is 0.214 e. The predicted molar refractivity (Wildman–Crippen MR) is 54.1 cm³/mol. The molecule has 0 saturated heterocycles. The van der Waals surface area contributed by atoms with E-state index in [0.717, 1.165) is 13.0 Å². The molecule has 1 nitrogen and oxygen atoms in total. The van der Waals surface area contributed by atoms with Gasteiger partial charge in [0, 0.05) is 6.42 Å². The predicted octanol–water partition coefficient (Wildman–Crippen LogP) is 4.05. The minimum absolute atomic E-state index is 0.731. The van der Waals surface area contributed by atoms with Gasteiger partial charge in [-0.15, -0.1) is 0 Å². The van der Waals surface area contributed by atoms with Crippen molar-refractivity contribution in [2.24, 2.45) is 0 Å². The fourth-order valence-corrected chi connectivity index (χ4v) is 1.32. The van der Waals surface area contributed by atoms with Gasteiger partial charge in [-0.1, -0.05) is 45.4 Å². The van der Waals surface area contributed by atoms with E-state index in [1.165, 1.54) is 44.9 Å². The van der Waals surface area contributed by atoms with E-state index < -0.39 is 0 Å². The van der Waals surface area contributed by atoms with Crippen molar-refractivity contribution < 1.29 is 0 Å². The maximum Gasteiger partial charge on any atom is 0.214 e. The summed E-state index contributed by atoms with van der Waals surface area (Å²) in [5.74, 6) is 0. The van der Waals surface area contributed by atoms with Crippen LogP contribution in [0.4, 0.5) is 0 Å². The zero-order chi connectivity index (χ0) is 9.07. The SMILES string of the molecule is [C-]#[N+]CCCCCCCCCC. The highest BCUT2D eigenvalue weighted by molar-refractivity contribution is 4.57. The van der Waals surface area contributed by atoms with Crippen LogP contribution < -0.4 is 0 Å². The quantitative estimate of drug-likeness (QED) is 0.379. The molecule has 0 fully saturated rings. The lowest BCUT2D eigenvalue weighted by molar-refractivity contribution is 0.583. The molecule has 0 aliphatic heterocycles. The second-order valence-corrected chi connectivity index (χ2v) is 3.36. The molecule has 0 heterocycles. The second kappa shape index (κ2) is 10.5. The van der Waals surface area contributed by atoms with Crippen LogP contribution in [0, 0.1) is 6.57 Å². The molecule has 0 aromatic rings. The molecule has 0 bridgehead atoms. The van der Waals surface area contributed by atoms with Crippen molar-refractivity contribution in [1.29, 1.82) is 0 Å². The Balaban J connectivity index is 2.78. The van der Waals surface area contributed by atoms with Gasteiger partial charge in [0.2, 0.25) is 6.54 Å². The molecule has 12 heavy (non-hydrogen) atoms. The molecule has 1 heteroatoms. The lowest BCUT2D eigenvalue weighted by Crippen LogP contribution is -1.81. The molecule has 0 aliphatic carbocycles. The van der Waals surface area contributed by atoms with E-state index in [-0.39, 0.29) is 0 Å². The summed E-state index contributed by atoms with van der Waals surface area (Å²) in [5.41, 5.74) is 0. The molecule has 0 rings (SSSR count). The first-order valence-electron chi connectivity index (χ1n) is 5.25. The molecule has 0 aromatic heterocycles. The summed E-state index contributed by atoms with van der Waals surface area (Å²) in [6.07, 6.45) is 10.6. The van der Waals surface area contributed by atoms with Crippen molar-refractivity contribution in [3.63, 3.8) is 0 Å². The van der Waals surface area contributed by atoms with E-state index in [0.29, 0.717) is 0 Å². The van der Waals surface area contributed by atoms with Crippen LogP contribution in [0.1, 0.15) is 58.3 Å². The highest BCUT2D eigenvalue weighted by Gasteiger charge is 1.91. The number of rotatable bonds is 8. The van der Waals surface area contributed by atoms with E-state index in [4.69, 9.17) is 6.57 Å². The van der Waals surface area contributed by atoms with Gasteiger partial charge in [0.05, 0.1) is 0 Å². The number of nitrogens with zero attached hydrogens (tertiary/aromatic N) is 1. The van der Waals surface area contributed by atoms with Crippen molar-refractivity contribution in [2.75, 3.05) is 6.54 Å². The maximum absolute atomic E-state index is 6.60. The zero-order valence-corrected chi connectivity index (χ0v) is 8.31. The second-order valence-electron chi connectivity index (χ2n) is 3.36. The van der Waals surface area contributed by atoms with Crippen LogP contribution in [0.3, 0.4) is 0 Å². The molecule has 0 aliphatic rings. The standard InChI is InChI=1S/C11H21N/c1-3-4-5-6-7-8-9-10-11-12-2/h3-11H2,1H3. The van der Waals surface area contributed by atoms with Crippen molar-refractivity contribution >= 4 is 0 Å². The van der Waals surface area contributed by atoms with Crippen molar-refractivity contribution in [3.05, 3.63) is 11.4 Å². The lowest BCUT2D eigenvalue weighted by Gasteiger charge is -1.97. The zero-order valence-electron chi connectivity index (χ0n) is 8.31. The van der Waals surface area contributed by atoms with Crippen LogP contribution in [-0.2, 0) is 0 Å². The summed E-state index contributed by atoms with van der Waals surface area (Å²) < 4.78 is 0. The van der Waals surface area contributed by atoms with Crippen molar-refractivity contribution in [1.82, 2.24) is 0 Å². The number of unbranched alkanes of at least 4 members (excludes halogenated alkanes) is 7. The van der Waals surface area contributed by atoms with Gasteiger partial charge in [-0.25, -0.2) is 6.57 Å². The third kappa shape index (κ3) is 9.49. The molecule has 70 valence electrons. The molecule has 0 aromatic carbocycles. The van der Waals surface area contributed by atoms with Crippen LogP contribution in [0.5, 0.6) is 0 Å². The van der Waals surface area contributed by atoms with Crippen LogP contribution in [-0.4, -0.2) is 6.54 Å². The summed E-state index contributed by atoms with van der Waals surface area (Å²) in [4.78, 5) is 3.33. The molecule has 0 N–H and O–H groups in total. The summed E-state index contributed by atoms with van der Waals surface area (Å²) in [6.45, 7) is 9.58. The highest BCUT2D eigenvalue weighted by atomic mass is 14.6. The van der Waals surface area contributed by atoms with Gasteiger partial charge in [-0.05, 0) is 6.42 Å². The molecule has 0 saturated carbocycles. The average molecular weight is 167 g/mol. The minimum Gasteiger partial charge on any atom is -0.317 e. The van der Waals surface area contributed by atoms with E-state index >= 15 is 0 Å². The van der Waals surface area contributed by atoms with Crippen LogP contribution in [0.2, 0.25) is 0 Å². The third-order valence-corrected chi connectivity index (χ3v) is 2.12. The lowest BCUT2D eigenvalue weighted by atomic mass is 10.1. The molecular weight excluding hydrogens is 146 g/mol. The minimum atomic E-state index is 0.731. The molecule has 0 unspecified atom stereocenters. The Hall–Kier alpha value is -0.510. The summed E-state index contributed by atoms with van der Waals surface area (Å²) >= 11 is 0. The Morgan fingerprint density at radius 1 is 0.833 bits per heavy atom. The van der Waals surface area contributed by atoms with Gasteiger partial charge in [0.1, 0.15) is 0 Å². The Bertz CT molecular complexity index is 113.